The summed E-state index contributed by atoms with van der Waals surface area (Å²) in [5.41, 5.74) is 3.73. The number of amides is 3. The lowest BCUT2D eigenvalue weighted by Gasteiger charge is -2.18. The molecule has 1 saturated heterocycles. The molecule has 6 nitrogen and oxygen atoms in total. The zero-order valence-electron chi connectivity index (χ0n) is 15.3. The standard InChI is InChI=1S/C21H20N2O4S/c1-2-10-23(21(26)27)13-15-4-3-5-17(11-15)16-8-6-14(7-9-16)12-18-19(24)22-20(25)28-18/h3-9,11-12H,2,10,13H2,1H3,(H,26,27)(H,22,24,25). The Kier molecular flexibility index (Phi) is 6.16. The number of carbonyl (C=O) groups is 3. The molecular weight excluding hydrogens is 376 g/mol. The van der Waals surface area contributed by atoms with Crippen molar-refractivity contribution >= 4 is 35.1 Å². The largest absolute Gasteiger partial charge is 0.465 e. The van der Waals surface area contributed by atoms with Crippen molar-refractivity contribution in [1.29, 1.82) is 0 Å². The zero-order valence-corrected chi connectivity index (χ0v) is 16.2. The van der Waals surface area contributed by atoms with Crippen molar-refractivity contribution in [1.82, 2.24) is 10.2 Å². The van der Waals surface area contributed by atoms with Crippen molar-refractivity contribution < 1.29 is 19.5 Å². The van der Waals surface area contributed by atoms with Gasteiger partial charge in [-0.15, -0.1) is 0 Å². The highest BCUT2D eigenvalue weighted by Gasteiger charge is 2.24. The Morgan fingerprint density at radius 1 is 1.14 bits per heavy atom. The summed E-state index contributed by atoms with van der Waals surface area (Å²) in [5.74, 6) is -0.373. The molecule has 0 atom stereocenters. The van der Waals surface area contributed by atoms with Gasteiger partial charge in [0.2, 0.25) is 0 Å². The van der Waals surface area contributed by atoms with Crippen LogP contribution in [0.4, 0.5) is 9.59 Å². The van der Waals surface area contributed by atoms with E-state index in [0.29, 0.717) is 18.0 Å². The molecule has 0 spiro atoms. The molecule has 3 amide bonds. The first-order valence-corrected chi connectivity index (χ1v) is 9.70. The molecule has 0 radical (unpaired) electrons. The first kappa shape index (κ1) is 19.7. The minimum Gasteiger partial charge on any atom is -0.465 e. The van der Waals surface area contributed by atoms with Gasteiger partial charge in [-0.05, 0) is 52.6 Å². The summed E-state index contributed by atoms with van der Waals surface area (Å²) >= 11 is 0.892. The Morgan fingerprint density at radius 3 is 2.50 bits per heavy atom. The summed E-state index contributed by atoms with van der Waals surface area (Å²) in [6.45, 7) is 2.80. The molecule has 7 heteroatoms. The fourth-order valence-corrected chi connectivity index (χ4v) is 3.61. The Balaban J connectivity index is 1.77. The van der Waals surface area contributed by atoms with Crippen LogP contribution in [0.5, 0.6) is 0 Å². The Bertz CT molecular complexity index is 938. The van der Waals surface area contributed by atoms with Gasteiger partial charge >= 0.3 is 6.09 Å². The number of hydrogen-bond donors (Lipinski definition) is 2. The Hall–Kier alpha value is -3.06. The van der Waals surface area contributed by atoms with E-state index in [1.165, 1.54) is 4.90 Å². The quantitative estimate of drug-likeness (QED) is 0.699. The molecule has 3 rings (SSSR count). The van der Waals surface area contributed by atoms with Gasteiger partial charge in [0.05, 0.1) is 4.91 Å². The van der Waals surface area contributed by atoms with Crippen molar-refractivity contribution in [3.05, 3.63) is 64.6 Å². The first-order valence-electron chi connectivity index (χ1n) is 8.88. The van der Waals surface area contributed by atoms with Gasteiger partial charge < -0.3 is 10.0 Å². The smallest absolute Gasteiger partial charge is 0.407 e. The average Bonchev–Trinajstić information content (AvgIpc) is 2.99. The molecule has 0 aliphatic carbocycles. The third kappa shape index (κ3) is 4.80. The summed E-state index contributed by atoms with van der Waals surface area (Å²) in [5, 5.41) is 11.2. The minimum atomic E-state index is -0.919. The molecule has 0 saturated carbocycles. The van der Waals surface area contributed by atoms with Gasteiger partial charge in [0.15, 0.2) is 0 Å². The van der Waals surface area contributed by atoms with Crippen molar-refractivity contribution in [3.8, 4) is 11.1 Å². The SMILES string of the molecule is CCCN(Cc1cccc(-c2ccc(C=C3SC(=O)NC3=O)cc2)c1)C(=O)O. The number of imide groups is 1. The number of carboxylic acid groups (broad SMARTS) is 1. The second kappa shape index (κ2) is 8.75. The lowest BCUT2D eigenvalue weighted by Crippen LogP contribution is -2.29. The molecule has 0 bridgehead atoms. The number of nitrogens with one attached hydrogen (secondary N) is 1. The average molecular weight is 396 g/mol. The van der Waals surface area contributed by atoms with Crippen LogP contribution in [0.2, 0.25) is 0 Å². The van der Waals surface area contributed by atoms with Crippen LogP contribution < -0.4 is 5.32 Å². The van der Waals surface area contributed by atoms with E-state index in [-0.39, 0.29) is 11.1 Å². The van der Waals surface area contributed by atoms with E-state index in [4.69, 9.17) is 0 Å². The summed E-state index contributed by atoms with van der Waals surface area (Å²) in [4.78, 5) is 36.0. The highest BCUT2D eigenvalue weighted by atomic mass is 32.2. The summed E-state index contributed by atoms with van der Waals surface area (Å²) in [6, 6.07) is 15.4. The molecule has 1 heterocycles. The van der Waals surface area contributed by atoms with Crippen molar-refractivity contribution in [2.45, 2.75) is 19.9 Å². The fraction of sp³-hybridized carbons (Fsp3) is 0.190. The molecule has 0 unspecified atom stereocenters. The van der Waals surface area contributed by atoms with Gasteiger partial charge in [-0.25, -0.2) is 4.79 Å². The molecule has 144 valence electrons. The van der Waals surface area contributed by atoms with Crippen LogP contribution >= 0.6 is 11.8 Å². The van der Waals surface area contributed by atoms with E-state index >= 15 is 0 Å². The summed E-state index contributed by atoms with van der Waals surface area (Å²) < 4.78 is 0. The number of rotatable bonds is 6. The lowest BCUT2D eigenvalue weighted by atomic mass is 10.0. The predicted octanol–water partition coefficient (Wildman–Crippen LogP) is 4.57. The van der Waals surface area contributed by atoms with E-state index in [1.807, 2.05) is 55.5 Å². The molecule has 2 N–H and O–H groups in total. The molecule has 2 aromatic rings. The number of hydrogen-bond acceptors (Lipinski definition) is 4. The lowest BCUT2D eigenvalue weighted by molar-refractivity contribution is -0.115. The normalized spacial score (nSPS) is 15.0. The monoisotopic (exact) mass is 396 g/mol. The third-order valence-electron chi connectivity index (χ3n) is 4.25. The van der Waals surface area contributed by atoms with Crippen LogP contribution in [0.1, 0.15) is 24.5 Å². The second-order valence-corrected chi connectivity index (χ2v) is 7.39. The van der Waals surface area contributed by atoms with Crippen LogP contribution in [0.25, 0.3) is 17.2 Å². The number of nitrogens with zero attached hydrogens (tertiary/aromatic N) is 1. The maximum absolute atomic E-state index is 11.6. The molecule has 28 heavy (non-hydrogen) atoms. The van der Waals surface area contributed by atoms with E-state index in [9.17, 15) is 19.5 Å². The molecule has 1 fully saturated rings. The Labute approximate surface area is 167 Å². The van der Waals surface area contributed by atoms with E-state index in [0.717, 1.165) is 40.4 Å². The summed E-state index contributed by atoms with van der Waals surface area (Å²) in [7, 11) is 0. The highest BCUT2D eigenvalue weighted by molar-refractivity contribution is 8.18. The van der Waals surface area contributed by atoms with Crippen LogP contribution in [-0.4, -0.2) is 33.8 Å². The maximum Gasteiger partial charge on any atom is 0.407 e. The van der Waals surface area contributed by atoms with Gasteiger partial charge in [-0.2, -0.15) is 0 Å². The predicted molar refractivity (Wildman–Crippen MR) is 110 cm³/mol. The van der Waals surface area contributed by atoms with Crippen molar-refractivity contribution in [2.24, 2.45) is 0 Å². The Morgan fingerprint density at radius 2 is 1.89 bits per heavy atom. The number of thioether (sulfide) groups is 1. The molecular formula is C21H20N2O4S. The molecule has 2 aromatic carbocycles. The maximum atomic E-state index is 11.6. The van der Waals surface area contributed by atoms with E-state index in [2.05, 4.69) is 5.32 Å². The number of carbonyl (C=O) groups excluding carboxylic acids is 2. The second-order valence-electron chi connectivity index (χ2n) is 6.38. The molecule has 0 aromatic heterocycles. The topological polar surface area (TPSA) is 86.7 Å². The van der Waals surface area contributed by atoms with Gasteiger partial charge in [-0.1, -0.05) is 49.4 Å². The van der Waals surface area contributed by atoms with Crippen LogP contribution in [0.15, 0.2) is 53.4 Å². The molecule has 1 aliphatic heterocycles. The van der Waals surface area contributed by atoms with Gasteiger partial charge in [0, 0.05) is 13.1 Å². The van der Waals surface area contributed by atoms with Crippen molar-refractivity contribution in [3.63, 3.8) is 0 Å². The third-order valence-corrected chi connectivity index (χ3v) is 5.06. The van der Waals surface area contributed by atoms with Gasteiger partial charge in [-0.3, -0.25) is 14.9 Å². The van der Waals surface area contributed by atoms with Crippen LogP contribution in [0, 0.1) is 0 Å². The van der Waals surface area contributed by atoms with Crippen LogP contribution in [-0.2, 0) is 11.3 Å². The summed E-state index contributed by atoms with van der Waals surface area (Å²) in [6.07, 6.45) is 1.53. The fourth-order valence-electron chi connectivity index (χ4n) is 2.93. The van der Waals surface area contributed by atoms with E-state index in [1.54, 1.807) is 6.08 Å². The van der Waals surface area contributed by atoms with Crippen LogP contribution in [0.3, 0.4) is 0 Å². The number of benzene rings is 2. The molecule has 1 aliphatic rings. The van der Waals surface area contributed by atoms with E-state index < -0.39 is 6.09 Å². The zero-order chi connectivity index (χ0) is 20.1. The van der Waals surface area contributed by atoms with Gasteiger partial charge in [0.1, 0.15) is 0 Å². The minimum absolute atomic E-state index is 0.349. The van der Waals surface area contributed by atoms with Gasteiger partial charge in [0.25, 0.3) is 11.1 Å². The van der Waals surface area contributed by atoms with Crippen molar-refractivity contribution in [2.75, 3.05) is 6.54 Å². The highest BCUT2D eigenvalue weighted by Crippen LogP contribution is 2.27. The first-order chi connectivity index (χ1) is 13.5.